The van der Waals surface area contributed by atoms with Crippen molar-refractivity contribution in [2.45, 2.75) is 12.5 Å². The van der Waals surface area contributed by atoms with Crippen LogP contribution in [0.4, 0.5) is 0 Å². The standard InChI is InChI=1S/C15H19N3O2/c1-18(9-6-15-16-7-8-17-15)10-12-11-19-13-4-2-3-5-14(13)20-12/h2-5,7-8,12H,6,9-11H2,1H3,(H,16,17). The summed E-state index contributed by atoms with van der Waals surface area (Å²) in [6.45, 7) is 2.38. The summed E-state index contributed by atoms with van der Waals surface area (Å²) >= 11 is 0. The minimum absolute atomic E-state index is 0.0755. The number of imidazole rings is 1. The first-order valence-electron chi connectivity index (χ1n) is 6.86. The molecule has 0 saturated heterocycles. The summed E-state index contributed by atoms with van der Waals surface area (Å²) in [5.41, 5.74) is 0. The van der Waals surface area contributed by atoms with Gasteiger partial charge in [0.25, 0.3) is 0 Å². The number of likely N-dealkylation sites (N-methyl/N-ethyl adjacent to an activating group) is 1. The van der Waals surface area contributed by atoms with Crippen LogP contribution in [0.25, 0.3) is 0 Å². The highest BCUT2D eigenvalue weighted by Crippen LogP contribution is 2.30. The van der Waals surface area contributed by atoms with E-state index in [9.17, 15) is 0 Å². The summed E-state index contributed by atoms with van der Waals surface area (Å²) in [5.74, 6) is 2.69. The maximum absolute atomic E-state index is 5.95. The van der Waals surface area contributed by atoms with Gasteiger partial charge in [0.15, 0.2) is 11.5 Å². The maximum atomic E-state index is 5.95. The second-order valence-corrected chi connectivity index (χ2v) is 5.05. The Morgan fingerprint density at radius 3 is 3.00 bits per heavy atom. The summed E-state index contributed by atoms with van der Waals surface area (Å²) in [4.78, 5) is 9.58. The molecule has 1 aliphatic rings. The van der Waals surface area contributed by atoms with Crippen LogP contribution in [-0.4, -0.2) is 47.7 Å². The number of fused-ring (bicyclic) bond motifs is 1. The third-order valence-electron chi connectivity index (χ3n) is 3.37. The lowest BCUT2D eigenvalue weighted by atomic mass is 10.2. The first-order valence-corrected chi connectivity index (χ1v) is 6.86. The quantitative estimate of drug-likeness (QED) is 0.901. The van der Waals surface area contributed by atoms with Gasteiger partial charge in [-0.3, -0.25) is 0 Å². The SMILES string of the molecule is CN(CCc1ncc[nH]1)CC1COc2ccccc2O1. The van der Waals surface area contributed by atoms with Crippen LogP contribution in [0, 0.1) is 0 Å². The van der Waals surface area contributed by atoms with Gasteiger partial charge in [-0.05, 0) is 19.2 Å². The average molecular weight is 273 g/mol. The van der Waals surface area contributed by atoms with Gasteiger partial charge in [-0.25, -0.2) is 4.98 Å². The Kier molecular flexibility index (Phi) is 3.87. The lowest BCUT2D eigenvalue weighted by Gasteiger charge is -2.29. The van der Waals surface area contributed by atoms with Gasteiger partial charge in [-0.15, -0.1) is 0 Å². The van der Waals surface area contributed by atoms with E-state index in [2.05, 4.69) is 21.9 Å². The number of benzene rings is 1. The number of aromatic nitrogens is 2. The van der Waals surface area contributed by atoms with Crippen molar-refractivity contribution in [3.63, 3.8) is 0 Å². The Morgan fingerprint density at radius 1 is 1.35 bits per heavy atom. The maximum Gasteiger partial charge on any atom is 0.161 e. The molecule has 3 rings (SSSR count). The second kappa shape index (κ2) is 5.96. The van der Waals surface area contributed by atoms with E-state index in [1.165, 1.54) is 0 Å². The van der Waals surface area contributed by atoms with E-state index in [0.29, 0.717) is 6.61 Å². The Bertz CT molecular complexity index is 542. The van der Waals surface area contributed by atoms with Gasteiger partial charge in [0, 0.05) is 31.9 Å². The van der Waals surface area contributed by atoms with Crippen LogP contribution in [0.5, 0.6) is 11.5 Å². The van der Waals surface area contributed by atoms with Crippen molar-refractivity contribution in [2.75, 3.05) is 26.7 Å². The molecule has 2 heterocycles. The molecule has 0 aliphatic carbocycles. The highest BCUT2D eigenvalue weighted by Gasteiger charge is 2.21. The third-order valence-corrected chi connectivity index (χ3v) is 3.37. The molecule has 0 radical (unpaired) electrons. The molecule has 1 aliphatic heterocycles. The number of nitrogens with zero attached hydrogens (tertiary/aromatic N) is 2. The molecule has 1 aromatic heterocycles. The van der Waals surface area contributed by atoms with Crippen LogP contribution in [-0.2, 0) is 6.42 Å². The Morgan fingerprint density at radius 2 is 2.20 bits per heavy atom. The lowest BCUT2D eigenvalue weighted by molar-refractivity contribution is 0.0656. The fraction of sp³-hybridized carbons (Fsp3) is 0.400. The predicted molar refractivity (Wildman–Crippen MR) is 76.1 cm³/mol. The number of nitrogens with one attached hydrogen (secondary N) is 1. The topological polar surface area (TPSA) is 50.4 Å². The largest absolute Gasteiger partial charge is 0.486 e. The summed E-state index contributed by atoms with van der Waals surface area (Å²) < 4.78 is 11.7. The molecule has 1 aromatic carbocycles. The zero-order valence-corrected chi connectivity index (χ0v) is 11.6. The molecule has 1 atom stereocenters. The monoisotopic (exact) mass is 273 g/mol. The smallest absolute Gasteiger partial charge is 0.161 e. The summed E-state index contributed by atoms with van der Waals surface area (Å²) in [5, 5.41) is 0. The van der Waals surface area contributed by atoms with E-state index >= 15 is 0 Å². The van der Waals surface area contributed by atoms with E-state index in [4.69, 9.17) is 9.47 Å². The molecular formula is C15H19N3O2. The number of para-hydroxylation sites is 2. The van der Waals surface area contributed by atoms with Crippen LogP contribution in [0.2, 0.25) is 0 Å². The molecule has 5 heteroatoms. The van der Waals surface area contributed by atoms with Gasteiger partial charge in [-0.2, -0.15) is 0 Å². The van der Waals surface area contributed by atoms with Gasteiger partial charge < -0.3 is 19.4 Å². The number of ether oxygens (including phenoxy) is 2. The van der Waals surface area contributed by atoms with Crippen LogP contribution < -0.4 is 9.47 Å². The van der Waals surface area contributed by atoms with Crippen molar-refractivity contribution >= 4 is 0 Å². The number of aromatic amines is 1. The molecular weight excluding hydrogens is 254 g/mol. The lowest BCUT2D eigenvalue weighted by Crippen LogP contribution is -2.40. The molecule has 1 unspecified atom stereocenters. The Hall–Kier alpha value is -2.01. The molecule has 0 spiro atoms. The average Bonchev–Trinajstić information content (AvgIpc) is 2.98. The molecule has 0 fully saturated rings. The van der Waals surface area contributed by atoms with Crippen LogP contribution in [0.1, 0.15) is 5.82 Å². The van der Waals surface area contributed by atoms with Crippen LogP contribution in [0.3, 0.4) is 0 Å². The first-order chi connectivity index (χ1) is 9.81. The zero-order chi connectivity index (χ0) is 13.8. The van der Waals surface area contributed by atoms with E-state index in [1.807, 2.05) is 30.5 Å². The van der Waals surface area contributed by atoms with E-state index in [1.54, 1.807) is 6.20 Å². The second-order valence-electron chi connectivity index (χ2n) is 5.05. The predicted octanol–water partition coefficient (Wildman–Crippen LogP) is 1.72. The number of hydrogen-bond acceptors (Lipinski definition) is 4. The fourth-order valence-corrected chi connectivity index (χ4v) is 2.32. The number of H-pyrrole nitrogens is 1. The molecule has 2 aromatic rings. The van der Waals surface area contributed by atoms with Crippen molar-refractivity contribution in [1.82, 2.24) is 14.9 Å². The zero-order valence-electron chi connectivity index (χ0n) is 11.6. The molecule has 0 bridgehead atoms. The van der Waals surface area contributed by atoms with E-state index in [0.717, 1.165) is 36.8 Å². The van der Waals surface area contributed by atoms with Crippen molar-refractivity contribution in [3.8, 4) is 11.5 Å². The molecule has 0 amide bonds. The van der Waals surface area contributed by atoms with Crippen LogP contribution >= 0.6 is 0 Å². The summed E-state index contributed by atoms with van der Waals surface area (Å²) in [6.07, 6.45) is 4.62. The minimum atomic E-state index is 0.0755. The highest BCUT2D eigenvalue weighted by molar-refractivity contribution is 5.40. The normalized spacial score (nSPS) is 17.4. The van der Waals surface area contributed by atoms with Gasteiger partial charge in [0.05, 0.1) is 0 Å². The van der Waals surface area contributed by atoms with Gasteiger partial charge in [0.1, 0.15) is 18.5 Å². The van der Waals surface area contributed by atoms with E-state index in [-0.39, 0.29) is 6.10 Å². The molecule has 0 saturated carbocycles. The van der Waals surface area contributed by atoms with Gasteiger partial charge in [0.2, 0.25) is 0 Å². The number of hydrogen-bond donors (Lipinski definition) is 1. The minimum Gasteiger partial charge on any atom is -0.486 e. The summed E-state index contributed by atoms with van der Waals surface area (Å²) in [7, 11) is 2.09. The van der Waals surface area contributed by atoms with Crippen molar-refractivity contribution < 1.29 is 9.47 Å². The first kappa shape index (κ1) is 13.0. The fourth-order valence-electron chi connectivity index (χ4n) is 2.32. The molecule has 5 nitrogen and oxygen atoms in total. The summed E-state index contributed by atoms with van der Waals surface area (Å²) in [6, 6.07) is 7.81. The highest BCUT2D eigenvalue weighted by atomic mass is 16.6. The third kappa shape index (κ3) is 3.11. The van der Waals surface area contributed by atoms with Crippen molar-refractivity contribution in [3.05, 3.63) is 42.5 Å². The van der Waals surface area contributed by atoms with Crippen molar-refractivity contribution in [1.29, 1.82) is 0 Å². The molecule has 1 N–H and O–H groups in total. The number of rotatable bonds is 5. The Labute approximate surface area is 118 Å². The van der Waals surface area contributed by atoms with Crippen LogP contribution in [0.15, 0.2) is 36.7 Å². The Balaban J connectivity index is 1.49. The molecule has 106 valence electrons. The van der Waals surface area contributed by atoms with Crippen molar-refractivity contribution in [2.24, 2.45) is 0 Å². The van der Waals surface area contributed by atoms with Gasteiger partial charge in [-0.1, -0.05) is 12.1 Å². The van der Waals surface area contributed by atoms with E-state index < -0.39 is 0 Å². The molecule has 20 heavy (non-hydrogen) atoms. The van der Waals surface area contributed by atoms with Gasteiger partial charge >= 0.3 is 0 Å².